The van der Waals surface area contributed by atoms with Gasteiger partial charge < -0.3 is 0 Å². The fourth-order valence-electron chi connectivity index (χ4n) is 10.7. The van der Waals surface area contributed by atoms with Crippen LogP contribution in [0.4, 0.5) is 0 Å². The van der Waals surface area contributed by atoms with Crippen LogP contribution in [0.2, 0.25) is 0 Å². The standard InChI is InChI=1S/C35H22BrN3.C35H23N3.C4H4BrNO2/c36-32-29-17-9-7-15-27(29)31(28-16-8-10-18-30(28)32)23-19-21-26(22-20-23)35-38-33(24-11-3-1-4-12-24)37-34(39-35)25-13-5-2-6-14-25;1-3-11-25(12-4-1)33-36-34(26-13-5-2-6-14-26)38-35(37-33)27-21-19-24(20-22-27)32-30-17-9-7-15-28(30)23-29-16-8-10-18-31(29)32;5-6-3(7)1-2-4(6)8/h1-22H;1-23H;1-2H2. The Bertz CT molecular complexity index is 4520. The molecule has 2 amide bonds. The van der Waals surface area contributed by atoms with Crippen molar-refractivity contribution in [3.05, 3.63) is 277 Å². The van der Waals surface area contributed by atoms with E-state index in [4.69, 9.17) is 29.9 Å². The van der Waals surface area contributed by atoms with Crippen molar-refractivity contribution in [2.24, 2.45) is 0 Å². The molecule has 406 valence electrons. The van der Waals surface area contributed by atoms with E-state index in [1.54, 1.807) is 0 Å². The number of carbonyl (C=O) groups excluding carboxylic acids is 2. The summed E-state index contributed by atoms with van der Waals surface area (Å²) in [5, 5.41) is 9.81. The molecule has 9 nitrogen and oxygen atoms in total. The third-order valence-corrected chi connectivity index (χ3v) is 16.5. The number of hydrogen-bond acceptors (Lipinski definition) is 8. The van der Waals surface area contributed by atoms with E-state index in [0.717, 1.165) is 47.3 Å². The molecule has 0 N–H and O–H groups in total. The van der Waals surface area contributed by atoms with Crippen LogP contribution in [0.1, 0.15) is 12.8 Å². The Balaban J connectivity index is 0.000000140. The number of hydrogen-bond donors (Lipinski definition) is 0. The van der Waals surface area contributed by atoms with Gasteiger partial charge in [0.15, 0.2) is 34.9 Å². The van der Waals surface area contributed by atoms with Crippen molar-refractivity contribution in [1.29, 1.82) is 0 Å². The van der Waals surface area contributed by atoms with E-state index >= 15 is 0 Å². The van der Waals surface area contributed by atoms with Crippen LogP contribution in [0, 0.1) is 0 Å². The maximum atomic E-state index is 10.4. The maximum Gasteiger partial charge on any atom is 0.239 e. The van der Waals surface area contributed by atoms with Gasteiger partial charge in [-0.25, -0.2) is 33.8 Å². The fourth-order valence-corrected chi connectivity index (χ4v) is 11.8. The lowest BCUT2D eigenvalue weighted by Crippen LogP contribution is -2.16. The lowest BCUT2D eigenvalue weighted by molar-refractivity contribution is -0.131. The van der Waals surface area contributed by atoms with E-state index in [0.29, 0.717) is 47.8 Å². The summed E-state index contributed by atoms with van der Waals surface area (Å²) in [5.74, 6) is 3.68. The number of nitrogens with zero attached hydrogens (tertiary/aromatic N) is 7. The van der Waals surface area contributed by atoms with E-state index in [1.807, 2.05) is 121 Å². The molecule has 0 bridgehead atoms. The predicted octanol–water partition coefficient (Wildman–Crippen LogP) is 18.9. The summed E-state index contributed by atoms with van der Waals surface area (Å²) in [6, 6.07) is 94.0. The second-order valence-electron chi connectivity index (χ2n) is 20.3. The summed E-state index contributed by atoms with van der Waals surface area (Å²) in [4.78, 5) is 50.0. The highest BCUT2D eigenvalue weighted by molar-refractivity contribution is 9.11. The van der Waals surface area contributed by atoms with Gasteiger partial charge in [0.25, 0.3) is 0 Å². The first-order valence-corrected chi connectivity index (χ1v) is 29.3. The highest BCUT2D eigenvalue weighted by Gasteiger charge is 2.26. The normalized spacial score (nSPS) is 12.0. The van der Waals surface area contributed by atoms with Crippen LogP contribution in [0.25, 0.3) is 134 Å². The van der Waals surface area contributed by atoms with Gasteiger partial charge in [-0.2, -0.15) is 0 Å². The fraction of sp³-hybridized carbons (Fsp3) is 0.0270. The van der Waals surface area contributed by atoms with E-state index in [-0.39, 0.29) is 11.8 Å². The van der Waals surface area contributed by atoms with Gasteiger partial charge in [0, 0.05) is 50.7 Å². The summed E-state index contributed by atoms with van der Waals surface area (Å²) >= 11 is 6.66. The quantitative estimate of drug-likeness (QED) is 0.0839. The summed E-state index contributed by atoms with van der Waals surface area (Å²) in [5.41, 5.74) is 10.5. The molecule has 85 heavy (non-hydrogen) atoms. The molecule has 0 aliphatic carbocycles. The van der Waals surface area contributed by atoms with Crippen LogP contribution in [-0.4, -0.2) is 45.6 Å². The van der Waals surface area contributed by atoms with E-state index < -0.39 is 0 Å². The molecule has 3 heterocycles. The summed E-state index contributed by atoms with van der Waals surface area (Å²) in [6.45, 7) is 0. The number of rotatable bonds is 8. The van der Waals surface area contributed by atoms with Crippen molar-refractivity contribution >= 4 is 87.0 Å². The molecule has 0 atom stereocenters. The number of amides is 2. The average Bonchev–Trinajstić information content (AvgIpc) is 2.17. The van der Waals surface area contributed by atoms with Crippen molar-refractivity contribution in [1.82, 2.24) is 33.8 Å². The van der Waals surface area contributed by atoms with E-state index in [1.165, 1.54) is 59.8 Å². The maximum absolute atomic E-state index is 10.4. The Kier molecular flexibility index (Phi) is 15.5. The van der Waals surface area contributed by atoms with Gasteiger partial charge >= 0.3 is 0 Å². The first kappa shape index (κ1) is 54.1. The van der Waals surface area contributed by atoms with Crippen LogP contribution in [0.3, 0.4) is 0 Å². The zero-order valence-electron chi connectivity index (χ0n) is 45.6. The molecule has 0 radical (unpaired) electrons. The third-order valence-electron chi connectivity index (χ3n) is 14.9. The topological polar surface area (TPSA) is 115 Å². The van der Waals surface area contributed by atoms with Crippen LogP contribution < -0.4 is 0 Å². The Morgan fingerprint density at radius 3 is 0.800 bits per heavy atom. The monoisotopic (exact) mass is 1230 g/mol. The first-order valence-electron chi connectivity index (χ1n) is 27.8. The SMILES string of the molecule is Brc1c2ccccc2c(-c2ccc(-c3nc(-c4ccccc4)nc(-c4ccccc4)n3)cc2)c2ccccc12.O=C1CCC(=O)N1Br.c1ccc(-c2nc(-c3ccccc3)nc(-c3ccc(-c4c5ccccc5cc5ccccc45)cc3)n2)cc1. The molecular weight excluding hydrogens is 1180 g/mol. The number of benzene rings is 12. The second kappa shape index (κ2) is 24.3. The van der Waals surface area contributed by atoms with Gasteiger partial charge in [-0.3, -0.25) is 9.59 Å². The molecule has 1 saturated heterocycles. The molecule has 0 saturated carbocycles. The molecule has 11 heteroatoms. The second-order valence-corrected chi connectivity index (χ2v) is 21.8. The molecule has 2 aromatic heterocycles. The van der Waals surface area contributed by atoms with Crippen LogP contribution in [-0.2, 0) is 9.59 Å². The van der Waals surface area contributed by atoms with E-state index in [9.17, 15) is 9.59 Å². The van der Waals surface area contributed by atoms with Gasteiger partial charge in [-0.15, -0.1) is 0 Å². The lowest BCUT2D eigenvalue weighted by Gasteiger charge is -2.15. The number of fused-ring (bicyclic) bond motifs is 4. The van der Waals surface area contributed by atoms with Crippen molar-refractivity contribution in [2.75, 3.05) is 0 Å². The summed E-state index contributed by atoms with van der Waals surface area (Å²) in [7, 11) is 0. The highest BCUT2D eigenvalue weighted by atomic mass is 79.9. The first-order chi connectivity index (χ1) is 41.8. The molecule has 15 rings (SSSR count). The van der Waals surface area contributed by atoms with Gasteiger partial charge in [-0.05, 0) is 87.3 Å². The lowest BCUT2D eigenvalue weighted by atomic mass is 9.91. The zero-order valence-corrected chi connectivity index (χ0v) is 48.8. The van der Waals surface area contributed by atoms with Crippen LogP contribution in [0.15, 0.2) is 277 Å². The number of carbonyl (C=O) groups is 2. The third kappa shape index (κ3) is 11.4. The molecule has 0 unspecified atom stereocenters. The number of imide groups is 1. The van der Waals surface area contributed by atoms with Crippen molar-refractivity contribution in [3.8, 4) is 90.6 Å². The highest BCUT2D eigenvalue weighted by Crippen LogP contribution is 2.42. The molecule has 14 aromatic rings. The Morgan fingerprint density at radius 1 is 0.271 bits per heavy atom. The van der Waals surface area contributed by atoms with E-state index in [2.05, 4.69) is 184 Å². The van der Waals surface area contributed by atoms with Gasteiger partial charge in [0.05, 0.1) is 16.1 Å². The molecule has 12 aromatic carbocycles. The Labute approximate surface area is 507 Å². The molecule has 1 fully saturated rings. The van der Waals surface area contributed by atoms with Crippen LogP contribution in [0.5, 0.6) is 0 Å². The average molecular weight is 1230 g/mol. The number of halogens is 2. The minimum Gasteiger partial charge on any atom is -0.274 e. The molecule has 1 aliphatic heterocycles. The van der Waals surface area contributed by atoms with Crippen molar-refractivity contribution < 1.29 is 9.59 Å². The van der Waals surface area contributed by atoms with Crippen molar-refractivity contribution in [3.63, 3.8) is 0 Å². The zero-order chi connectivity index (χ0) is 57.6. The van der Waals surface area contributed by atoms with Crippen LogP contribution >= 0.6 is 32.1 Å². The van der Waals surface area contributed by atoms with Gasteiger partial charge in [0.2, 0.25) is 11.8 Å². The smallest absolute Gasteiger partial charge is 0.239 e. The summed E-state index contributed by atoms with van der Waals surface area (Å²) < 4.78 is 2.11. The Hall–Kier alpha value is -10.2. The molecule has 0 spiro atoms. The van der Waals surface area contributed by atoms with Gasteiger partial charge in [0.1, 0.15) is 0 Å². The predicted molar refractivity (Wildman–Crippen MR) is 351 cm³/mol. The largest absolute Gasteiger partial charge is 0.274 e. The number of aromatic nitrogens is 6. The summed E-state index contributed by atoms with van der Waals surface area (Å²) in [6.07, 6.45) is 0.703. The molecule has 1 aliphatic rings. The minimum absolute atomic E-state index is 0.144. The van der Waals surface area contributed by atoms with Crippen molar-refractivity contribution in [2.45, 2.75) is 12.8 Å². The Morgan fingerprint density at radius 2 is 0.506 bits per heavy atom. The van der Waals surface area contributed by atoms with Gasteiger partial charge in [-0.1, -0.05) is 267 Å². The minimum atomic E-state index is -0.144. The molecular formula is C74H49Br2N7O2.